The summed E-state index contributed by atoms with van der Waals surface area (Å²) in [7, 11) is 0. The lowest BCUT2D eigenvalue weighted by molar-refractivity contribution is 0.389. The van der Waals surface area contributed by atoms with Gasteiger partial charge in [-0.1, -0.05) is 63.2 Å². The minimum atomic E-state index is 0.160. The lowest BCUT2D eigenvalue weighted by Gasteiger charge is -2.19. The molecule has 0 bridgehead atoms. The molecule has 2 aromatic carbocycles. The number of benzene rings is 2. The summed E-state index contributed by atoms with van der Waals surface area (Å²) in [6, 6.07) is 16.2. The standard InChI is InChI=1S/C16H19NO/c1-16(2,3)13-10-8-12(9-11-13)14-6-4-5-7-15(14)17-18/h4-11,17-18H,1-3H3. The van der Waals surface area contributed by atoms with E-state index < -0.39 is 0 Å². The summed E-state index contributed by atoms with van der Waals surface area (Å²) in [4.78, 5) is 0. The van der Waals surface area contributed by atoms with E-state index in [-0.39, 0.29) is 5.41 Å². The van der Waals surface area contributed by atoms with Crippen LogP contribution < -0.4 is 5.48 Å². The van der Waals surface area contributed by atoms with Gasteiger partial charge in [-0.15, -0.1) is 0 Å². The average Bonchev–Trinajstić information content (AvgIpc) is 2.38. The fourth-order valence-corrected chi connectivity index (χ4v) is 1.98. The summed E-state index contributed by atoms with van der Waals surface area (Å²) in [5.41, 5.74) is 6.53. The van der Waals surface area contributed by atoms with Crippen LogP contribution >= 0.6 is 0 Å². The molecule has 0 saturated heterocycles. The predicted octanol–water partition coefficient (Wildman–Crippen LogP) is 4.45. The van der Waals surface area contributed by atoms with Crippen LogP contribution in [-0.4, -0.2) is 5.21 Å². The van der Waals surface area contributed by atoms with E-state index in [0.29, 0.717) is 0 Å². The third-order valence-electron chi connectivity index (χ3n) is 3.11. The summed E-state index contributed by atoms with van der Waals surface area (Å²) >= 11 is 0. The third kappa shape index (κ3) is 2.54. The Kier molecular flexibility index (Phi) is 3.39. The highest BCUT2D eigenvalue weighted by atomic mass is 16.5. The van der Waals surface area contributed by atoms with Crippen LogP contribution in [0.2, 0.25) is 0 Å². The van der Waals surface area contributed by atoms with Crippen molar-refractivity contribution in [1.82, 2.24) is 0 Å². The van der Waals surface area contributed by atoms with Crippen molar-refractivity contribution in [2.75, 3.05) is 5.48 Å². The maximum absolute atomic E-state index is 9.11. The lowest BCUT2D eigenvalue weighted by Crippen LogP contribution is -2.10. The van der Waals surface area contributed by atoms with Crippen molar-refractivity contribution in [3.05, 3.63) is 54.1 Å². The van der Waals surface area contributed by atoms with Gasteiger partial charge >= 0.3 is 0 Å². The first kappa shape index (κ1) is 12.7. The van der Waals surface area contributed by atoms with Crippen LogP contribution in [0.25, 0.3) is 11.1 Å². The van der Waals surface area contributed by atoms with Crippen LogP contribution in [0.15, 0.2) is 48.5 Å². The van der Waals surface area contributed by atoms with Crippen molar-refractivity contribution in [3.63, 3.8) is 0 Å². The van der Waals surface area contributed by atoms with Gasteiger partial charge < -0.3 is 0 Å². The van der Waals surface area contributed by atoms with Gasteiger partial charge in [-0.2, -0.15) is 0 Å². The summed E-state index contributed by atoms with van der Waals surface area (Å²) in [6.07, 6.45) is 0. The largest absolute Gasteiger partial charge is 0.291 e. The van der Waals surface area contributed by atoms with E-state index in [1.165, 1.54) is 5.56 Å². The van der Waals surface area contributed by atoms with Gasteiger partial charge in [0.2, 0.25) is 0 Å². The molecule has 0 amide bonds. The quantitative estimate of drug-likeness (QED) is 0.761. The smallest absolute Gasteiger partial charge is 0.0680 e. The molecule has 0 aliphatic carbocycles. The lowest BCUT2D eigenvalue weighted by atomic mass is 9.86. The molecule has 2 N–H and O–H groups in total. The molecular formula is C16H19NO. The van der Waals surface area contributed by atoms with Crippen molar-refractivity contribution < 1.29 is 5.21 Å². The highest BCUT2D eigenvalue weighted by Gasteiger charge is 2.13. The number of anilines is 1. The second kappa shape index (κ2) is 4.83. The van der Waals surface area contributed by atoms with Crippen molar-refractivity contribution in [1.29, 1.82) is 0 Å². The first-order valence-corrected chi connectivity index (χ1v) is 6.12. The summed E-state index contributed by atoms with van der Waals surface area (Å²) in [5.74, 6) is 0. The average molecular weight is 241 g/mol. The van der Waals surface area contributed by atoms with Gasteiger partial charge in [0.25, 0.3) is 0 Å². The van der Waals surface area contributed by atoms with E-state index in [1.54, 1.807) is 0 Å². The molecular weight excluding hydrogens is 222 g/mol. The van der Waals surface area contributed by atoms with E-state index in [0.717, 1.165) is 16.8 Å². The molecule has 0 heterocycles. The molecule has 2 rings (SSSR count). The molecule has 0 fully saturated rings. The van der Waals surface area contributed by atoms with Crippen LogP contribution in [0.5, 0.6) is 0 Å². The Morgan fingerprint density at radius 3 is 2.06 bits per heavy atom. The normalized spacial score (nSPS) is 11.3. The van der Waals surface area contributed by atoms with E-state index >= 15 is 0 Å². The van der Waals surface area contributed by atoms with Gasteiger partial charge in [-0.05, 0) is 22.6 Å². The Hall–Kier alpha value is -1.80. The Bertz CT molecular complexity index is 524. The van der Waals surface area contributed by atoms with Crippen LogP contribution in [-0.2, 0) is 5.41 Å². The summed E-state index contributed by atoms with van der Waals surface area (Å²) < 4.78 is 0. The van der Waals surface area contributed by atoms with Gasteiger partial charge in [0.15, 0.2) is 0 Å². The van der Waals surface area contributed by atoms with Gasteiger partial charge in [-0.25, -0.2) is 0 Å². The number of hydrogen-bond acceptors (Lipinski definition) is 2. The monoisotopic (exact) mass is 241 g/mol. The number of hydrogen-bond donors (Lipinski definition) is 2. The number of para-hydroxylation sites is 1. The maximum atomic E-state index is 9.11. The Morgan fingerprint density at radius 1 is 0.889 bits per heavy atom. The van der Waals surface area contributed by atoms with E-state index in [9.17, 15) is 0 Å². The molecule has 18 heavy (non-hydrogen) atoms. The summed E-state index contributed by atoms with van der Waals surface area (Å²) in [5, 5.41) is 9.11. The molecule has 0 aliphatic heterocycles. The predicted molar refractivity (Wildman–Crippen MR) is 76.0 cm³/mol. The summed E-state index contributed by atoms with van der Waals surface area (Å²) in [6.45, 7) is 6.60. The molecule has 0 aliphatic rings. The molecule has 2 nitrogen and oxygen atoms in total. The topological polar surface area (TPSA) is 32.3 Å². The minimum absolute atomic E-state index is 0.160. The zero-order chi connectivity index (χ0) is 13.2. The molecule has 0 saturated carbocycles. The van der Waals surface area contributed by atoms with Crippen molar-refractivity contribution >= 4 is 5.69 Å². The first-order valence-electron chi connectivity index (χ1n) is 6.12. The SMILES string of the molecule is CC(C)(C)c1ccc(-c2ccccc2NO)cc1. The Labute approximate surface area is 108 Å². The highest BCUT2D eigenvalue weighted by molar-refractivity contribution is 5.77. The zero-order valence-corrected chi connectivity index (χ0v) is 11.1. The van der Waals surface area contributed by atoms with Gasteiger partial charge in [0, 0.05) is 5.56 Å². The molecule has 2 heteroatoms. The fraction of sp³-hybridized carbons (Fsp3) is 0.250. The van der Waals surface area contributed by atoms with E-state index in [1.807, 2.05) is 24.3 Å². The van der Waals surface area contributed by atoms with Crippen LogP contribution in [0.4, 0.5) is 5.69 Å². The Balaban J connectivity index is 2.41. The Morgan fingerprint density at radius 2 is 1.50 bits per heavy atom. The molecule has 0 spiro atoms. The van der Waals surface area contributed by atoms with Gasteiger partial charge in [-0.3, -0.25) is 10.7 Å². The highest BCUT2D eigenvalue weighted by Crippen LogP contribution is 2.30. The second-order valence-corrected chi connectivity index (χ2v) is 5.48. The van der Waals surface area contributed by atoms with Crippen LogP contribution in [0, 0.1) is 0 Å². The molecule has 2 aromatic rings. The molecule has 0 aromatic heterocycles. The van der Waals surface area contributed by atoms with Crippen LogP contribution in [0.1, 0.15) is 26.3 Å². The molecule has 0 unspecified atom stereocenters. The van der Waals surface area contributed by atoms with Crippen molar-refractivity contribution in [2.45, 2.75) is 26.2 Å². The molecule has 94 valence electrons. The third-order valence-corrected chi connectivity index (χ3v) is 3.11. The molecule has 0 atom stereocenters. The first-order chi connectivity index (χ1) is 8.52. The van der Waals surface area contributed by atoms with E-state index in [2.05, 4.69) is 50.5 Å². The second-order valence-electron chi connectivity index (χ2n) is 5.48. The van der Waals surface area contributed by atoms with E-state index in [4.69, 9.17) is 5.21 Å². The van der Waals surface area contributed by atoms with Gasteiger partial charge in [0.05, 0.1) is 5.69 Å². The maximum Gasteiger partial charge on any atom is 0.0680 e. The molecule has 0 radical (unpaired) electrons. The zero-order valence-electron chi connectivity index (χ0n) is 11.1. The number of nitrogens with one attached hydrogen (secondary N) is 1. The van der Waals surface area contributed by atoms with Gasteiger partial charge in [0.1, 0.15) is 0 Å². The minimum Gasteiger partial charge on any atom is -0.291 e. The van der Waals surface area contributed by atoms with Crippen LogP contribution in [0.3, 0.4) is 0 Å². The number of rotatable bonds is 2. The van der Waals surface area contributed by atoms with Crippen molar-refractivity contribution in [3.8, 4) is 11.1 Å². The fourth-order valence-electron chi connectivity index (χ4n) is 1.98. The van der Waals surface area contributed by atoms with Crippen molar-refractivity contribution in [2.24, 2.45) is 0 Å².